The van der Waals surface area contributed by atoms with Crippen LogP contribution in [0.4, 0.5) is 5.13 Å². The van der Waals surface area contributed by atoms with Gasteiger partial charge in [-0.05, 0) is 24.7 Å². The molecular weight excluding hydrogens is 430 g/mol. The summed E-state index contributed by atoms with van der Waals surface area (Å²) in [6.45, 7) is 6.14. The molecule has 1 amide bonds. The third kappa shape index (κ3) is 6.09. The molecule has 0 aliphatic carbocycles. The second kappa shape index (κ2) is 9.81. The SMILES string of the molecule is C=CCSc1nnc(NC(=O)c2ccc(CS(=O)(=O)N3CCN(C)CC3)cc2)s1. The Labute approximate surface area is 179 Å². The van der Waals surface area contributed by atoms with Gasteiger partial charge in [-0.2, -0.15) is 4.31 Å². The van der Waals surface area contributed by atoms with E-state index in [0.29, 0.717) is 29.3 Å². The average Bonchev–Trinajstić information content (AvgIpc) is 3.14. The van der Waals surface area contributed by atoms with Crippen molar-refractivity contribution >= 4 is 44.2 Å². The summed E-state index contributed by atoms with van der Waals surface area (Å²) < 4.78 is 27.5. The van der Waals surface area contributed by atoms with Gasteiger partial charge in [-0.15, -0.1) is 16.8 Å². The fraction of sp³-hybridized carbons (Fsp3) is 0.389. The Kier molecular flexibility index (Phi) is 7.41. The molecular formula is C18H23N5O3S3. The average molecular weight is 454 g/mol. The normalized spacial score (nSPS) is 15.9. The molecule has 1 aromatic heterocycles. The number of carbonyl (C=O) groups excluding carboxylic acids is 1. The van der Waals surface area contributed by atoms with Gasteiger partial charge in [0.05, 0.1) is 5.75 Å². The number of benzene rings is 1. The maximum absolute atomic E-state index is 12.6. The van der Waals surface area contributed by atoms with E-state index in [4.69, 9.17) is 0 Å². The van der Waals surface area contributed by atoms with Gasteiger partial charge in [-0.1, -0.05) is 41.3 Å². The molecule has 11 heteroatoms. The van der Waals surface area contributed by atoms with Crippen LogP contribution >= 0.6 is 23.1 Å². The smallest absolute Gasteiger partial charge is 0.257 e. The maximum Gasteiger partial charge on any atom is 0.257 e. The molecule has 8 nitrogen and oxygen atoms in total. The number of piperazine rings is 1. The monoisotopic (exact) mass is 453 g/mol. The lowest BCUT2D eigenvalue weighted by molar-refractivity contribution is 0.102. The molecule has 3 rings (SSSR count). The van der Waals surface area contributed by atoms with Crippen molar-refractivity contribution in [3.63, 3.8) is 0 Å². The number of likely N-dealkylation sites (N-methyl/N-ethyl adjacent to an activating group) is 1. The lowest BCUT2D eigenvalue weighted by Crippen LogP contribution is -2.47. The summed E-state index contributed by atoms with van der Waals surface area (Å²) in [6.07, 6.45) is 1.77. The zero-order chi connectivity index (χ0) is 20.9. The molecule has 0 bridgehead atoms. The van der Waals surface area contributed by atoms with Crippen LogP contribution < -0.4 is 5.32 Å². The van der Waals surface area contributed by atoms with E-state index >= 15 is 0 Å². The molecule has 1 N–H and O–H groups in total. The Bertz CT molecular complexity index is 951. The largest absolute Gasteiger partial charge is 0.304 e. The van der Waals surface area contributed by atoms with Crippen LogP contribution in [0.5, 0.6) is 0 Å². The maximum atomic E-state index is 12.6. The molecule has 0 spiro atoms. The van der Waals surface area contributed by atoms with Crippen molar-refractivity contribution < 1.29 is 13.2 Å². The number of rotatable bonds is 8. The molecule has 156 valence electrons. The summed E-state index contributed by atoms with van der Waals surface area (Å²) in [5.41, 5.74) is 1.08. The van der Waals surface area contributed by atoms with Gasteiger partial charge in [0.1, 0.15) is 0 Å². The van der Waals surface area contributed by atoms with Gasteiger partial charge in [0.2, 0.25) is 15.2 Å². The van der Waals surface area contributed by atoms with Crippen LogP contribution in [0.3, 0.4) is 0 Å². The lowest BCUT2D eigenvalue weighted by Gasteiger charge is -2.31. The van der Waals surface area contributed by atoms with Crippen LogP contribution in [0.15, 0.2) is 41.3 Å². The molecule has 0 unspecified atom stereocenters. The van der Waals surface area contributed by atoms with Crippen molar-refractivity contribution in [3.05, 3.63) is 48.0 Å². The summed E-state index contributed by atoms with van der Waals surface area (Å²) in [5.74, 6) is 0.342. The van der Waals surface area contributed by atoms with E-state index in [1.807, 2.05) is 7.05 Å². The van der Waals surface area contributed by atoms with Gasteiger partial charge >= 0.3 is 0 Å². The fourth-order valence-corrected chi connectivity index (χ4v) is 5.76. The molecule has 29 heavy (non-hydrogen) atoms. The fourth-order valence-electron chi connectivity index (χ4n) is 2.74. The summed E-state index contributed by atoms with van der Waals surface area (Å²) in [5, 5.41) is 11.1. The molecule has 1 aliphatic heterocycles. The molecule has 2 heterocycles. The highest BCUT2D eigenvalue weighted by molar-refractivity contribution is 8.01. The predicted molar refractivity (Wildman–Crippen MR) is 117 cm³/mol. The van der Waals surface area contributed by atoms with Gasteiger partial charge in [0.25, 0.3) is 5.91 Å². The van der Waals surface area contributed by atoms with E-state index in [-0.39, 0.29) is 11.7 Å². The number of anilines is 1. The number of hydrogen-bond acceptors (Lipinski definition) is 8. The van der Waals surface area contributed by atoms with Crippen LogP contribution in [0.1, 0.15) is 15.9 Å². The van der Waals surface area contributed by atoms with Crippen LogP contribution in [0.25, 0.3) is 0 Å². The quantitative estimate of drug-likeness (QED) is 0.372. The molecule has 1 aliphatic rings. The molecule has 1 aromatic carbocycles. The topological polar surface area (TPSA) is 95.5 Å². The highest BCUT2D eigenvalue weighted by atomic mass is 32.2. The van der Waals surface area contributed by atoms with E-state index in [0.717, 1.165) is 23.2 Å². The molecule has 0 saturated carbocycles. The highest BCUT2D eigenvalue weighted by Crippen LogP contribution is 2.25. The number of thioether (sulfide) groups is 1. The van der Waals surface area contributed by atoms with E-state index in [1.165, 1.54) is 27.4 Å². The minimum absolute atomic E-state index is 0.0705. The standard InChI is InChI=1S/C18H23N5O3S3/c1-3-12-27-18-21-20-17(28-18)19-16(24)15-6-4-14(5-7-15)13-29(25,26)23-10-8-22(2)9-11-23/h3-7H,1,8-13H2,2H3,(H,19,20,24). The Morgan fingerprint density at radius 2 is 1.93 bits per heavy atom. The lowest BCUT2D eigenvalue weighted by atomic mass is 10.1. The molecule has 1 saturated heterocycles. The number of amides is 1. The number of nitrogens with one attached hydrogen (secondary N) is 1. The van der Waals surface area contributed by atoms with Gasteiger partial charge in [0, 0.05) is 37.5 Å². The Balaban J connectivity index is 1.58. The third-order valence-corrected chi connectivity index (χ3v) is 8.19. The first-order valence-corrected chi connectivity index (χ1v) is 12.4. The molecule has 1 fully saturated rings. The number of hydrogen-bond donors (Lipinski definition) is 1. The van der Waals surface area contributed by atoms with Crippen LogP contribution in [0, 0.1) is 0 Å². The number of sulfonamides is 1. The second-order valence-corrected chi connectivity index (χ2v) is 10.8. The summed E-state index contributed by atoms with van der Waals surface area (Å²) >= 11 is 2.79. The van der Waals surface area contributed by atoms with Crippen LogP contribution in [-0.4, -0.2) is 72.7 Å². The number of carbonyl (C=O) groups is 1. The highest BCUT2D eigenvalue weighted by Gasteiger charge is 2.25. The minimum Gasteiger partial charge on any atom is -0.304 e. The first-order chi connectivity index (χ1) is 13.9. The summed E-state index contributed by atoms with van der Waals surface area (Å²) in [7, 11) is -1.38. The van der Waals surface area contributed by atoms with Crippen molar-refractivity contribution in [2.75, 3.05) is 44.3 Å². The molecule has 0 atom stereocenters. The van der Waals surface area contributed by atoms with Gasteiger partial charge < -0.3 is 4.90 Å². The zero-order valence-corrected chi connectivity index (χ0v) is 18.5. The van der Waals surface area contributed by atoms with Crippen molar-refractivity contribution in [1.82, 2.24) is 19.4 Å². The van der Waals surface area contributed by atoms with Crippen molar-refractivity contribution in [2.24, 2.45) is 0 Å². The van der Waals surface area contributed by atoms with Gasteiger partial charge in [-0.3, -0.25) is 10.1 Å². The van der Waals surface area contributed by atoms with E-state index in [2.05, 4.69) is 27.0 Å². The third-order valence-electron chi connectivity index (χ3n) is 4.37. The van der Waals surface area contributed by atoms with E-state index < -0.39 is 10.0 Å². The Hall–Kier alpha value is -1.79. The number of nitrogens with zero attached hydrogens (tertiary/aromatic N) is 4. The van der Waals surface area contributed by atoms with E-state index in [1.54, 1.807) is 30.3 Å². The first kappa shape index (κ1) is 21.9. The first-order valence-electron chi connectivity index (χ1n) is 9.01. The number of aromatic nitrogens is 2. The van der Waals surface area contributed by atoms with Crippen molar-refractivity contribution in [1.29, 1.82) is 0 Å². The Morgan fingerprint density at radius 3 is 2.59 bits per heavy atom. The van der Waals surface area contributed by atoms with Gasteiger partial charge in [-0.25, -0.2) is 8.42 Å². The van der Waals surface area contributed by atoms with Crippen molar-refractivity contribution in [3.8, 4) is 0 Å². The second-order valence-electron chi connectivity index (χ2n) is 6.58. The molecule has 0 radical (unpaired) electrons. The van der Waals surface area contributed by atoms with Gasteiger partial charge in [0.15, 0.2) is 4.34 Å². The van der Waals surface area contributed by atoms with Crippen molar-refractivity contribution in [2.45, 2.75) is 10.1 Å². The summed E-state index contributed by atoms with van der Waals surface area (Å²) in [6, 6.07) is 6.60. The van der Waals surface area contributed by atoms with Crippen LogP contribution in [0.2, 0.25) is 0 Å². The summed E-state index contributed by atoms with van der Waals surface area (Å²) in [4.78, 5) is 14.5. The van der Waals surface area contributed by atoms with Crippen LogP contribution in [-0.2, 0) is 15.8 Å². The predicted octanol–water partition coefficient (Wildman–Crippen LogP) is 2.15. The Morgan fingerprint density at radius 1 is 1.24 bits per heavy atom. The zero-order valence-electron chi connectivity index (χ0n) is 16.1. The van der Waals surface area contributed by atoms with E-state index in [9.17, 15) is 13.2 Å². The molecule has 2 aromatic rings. The minimum atomic E-state index is -3.37.